The van der Waals surface area contributed by atoms with E-state index in [1.165, 1.54) is 28.6 Å². The van der Waals surface area contributed by atoms with Crippen LogP contribution < -0.4 is 0 Å². The number of hydrogen-bond donors (Lipinski definition) is 0. The van der Waals surface area contributed by atoms with Crippen LogP contribution in [0.15, 0.2) is 41.6 Å². The lowest BCUT2D eigenvalue weighted by Gasteiger charge is -2.33. The molecule has 0 N–H and O–H groups in total. The van der Waals surface area contributed by atoms with Crippen molar-refractivity contribution in [2.75, 3.05) is 26.2 Å². The van der Waals surface area contributed by atoms with Gasteiger partial charge in [-0.25, -0.2) is 17.8 Å². The van der Waals surface area contributed by atoms with E-state index in [4.69, 9.17) is 0 Å². The van der Waals surface area contributed by atoms with E-state index in [0.717, 1.165) is 5.82 Å². The molecule has 0 bridgehead atoms. The Kier molecular flexibility index (Phi) is 4.47. The van der Waals surface area contributed by atoms with E-state index in [0.29, 0.717) is 32.7 Å². The second-order valence-corrected chi connectivity index (χ2v) is 7.47. The Hall–Kier alpha value is -1.77. The summed E-state index contributed by atoms with van der Waals surface area (Å²) in [6.07, 6.45) is 3.63. The van der Waals surface area contributed by atoms with Crippen molar-refractivity contribution in [3.8, 4) is 0 Å². The van der Waals surface area contributed by atoms with Crippen molar-refractivity contribution < 1.29 is 12.8 Å². The van der Waals surface area contributed by atoms with Crippen molar-refractivity contribution in [1.29, 1.82) is 0 Å². The highest BCUT2D eigenvalue weighted by Gasteiger charge is 2.30. The lowest BCUT2D eigenvalue weighted by Crippen LogP contribution is -2.48. The molecule has 2 heterocycles. The number of hydrogen-bond acceptors (Lipinski definition) is 4. The second kappa shape index (κ2) is 6.38. The summed E-state index contributed by atoms with van der Waals surface area (Å²) in [7, 11) is -1.84. The Balaban J connectivity index is 1.67. The number of benzene rings is 1. The SMILES string of the molecule is Cn1ccnc1CN1CCN(S(=O)(=O)c2ccccc2F)CC1. The van der Waals surface area contributed by atoms with Crippen LogP contribution in [0.5, 0.6) is 0 Å². The van der Waals surface area contributed by atoms with Gasteiger partial charge in [0.2, 0.25) is 10.0 Å². The summed E-state index contributed by atoms with van der Waals surface area (Å²) in [5.74, 6) is 0.235. The third kappa shape index (κ3) is 3.29. The first kappa shape index (κ1) is 16.1. The number of sulfonamides is 1. The molecule has 0 unspecified atom stereocenters. The van der Waals surface area contributed by atoms with Gasteiger partial charge in [0.05, 0.1) is 6.54 Å². The van der Waals surface area contributed by atoms with Gasteiger partial charge in [-0.15, -0.1) is 0 Å². The highest BCUT2D eigenvalue weighted by molar-refractivity contribution is 7.89. The van der Waals surface area contributed by atoms with Crippen LogP contribution in [0.25, 0.3) is 0 Å². The van der Waals surface area contributed by atoms with E-state index >= 15 is 0 Å². The highest BCUT2D eigenvalue weighted by Crippen LogP contribution is 2.20. The molecule has 0 aliphatic carbocycles. The molecule has 1 saturated heterocycles. The van der Waals surface area contributed by atoms with Gasteiger partial charge in [-0.2, -0.15) is 4.31 Å². The van der Waals surface area contributed by atoms with Gasteiger partial charge in [-0.1, -0.05) is 12.1 Å². The van der Waals surface area contributed by atoms with Gasteiger partial charge in [-0.05, 0) is 12.1 Å². The molecular weight excluding hydrogens is 319 g/mol. The molecular formula is C15H19FN4O2S. The zero-order chi connectivity index (χ0) is 16.4. The van der Waals surface area contributed by atoms with E-state index in [1.807, 2.05) is 17.8 Å². The van der Waals surface area contributed by atoms with Gasteiger partial charge in [0.25, 0.3) is 0 Å². The number of imidazole rings is 1. The van der Waals surface area contributed by atoms with Crippen molar-refractivity contribution in [1.82, 2.24) is 18.8 Å². The predicted octanol–water partition coefficient (Wildman–Crippen LogP) is 1.07. The zero-order valence-corrected chi connectivity index (χ0v) is 13.7. The molecule has 1 aliphatic heterocycles. The maximum atomic E-state index is 13.8. The third-order valence-electron chi connectivity index (χ3n) is 4.07. The summed E-state index contributed by atoms with van der Waals surface area (Å²) in [5, 5.41) is 0. The maximum Gasteiger partial charge on any atom is 0.246 e. The molecule has 2 aromatic rings. The Morgan fingerprint density at radius 3 is 2.48 bits per heavy atom. The van der Waals surface area contributed by atoms with E-state index < -0.39 is 15.8 Å². The summed E-state index contributed by atoms with van der Waals surface area (Å²) in [5.41, 5.74) is 0. The number of aryl methyl sites for hydroxylation is 1. The third-order valence-corrected chi connectivity index (χ3v) is 6.00. The summed E-state index contributed by atoms with van der Waals surface area (Å²) in [4.78, 5) is 6.17. The fraction of sp³-hybridized carbons (Fsp3) is 0.400. The number of halogens is 1. The molecule has 0 spiro atoms. The van der Waals surface area contributed by atoms with Gasteiger partial charge in [-0.3, -0.25) is 4.90 Å². The smallest absolute Gasteiger partial charge is 0.246 e. The Morgan fingerprint density at radius 1 is 1.17 bits per heavy atom. The Bertz CT molecular complexity index is 782. The van der Waals surface area contributed by atoms with E-state index in [2.05, 4.69) is 9.88 Å². The molecule has 0 atom stereocenters. The van der Waals surface area contributed by atoms with Crippen LogP contribution in [0.2, 0.25) is 0 Å². The molecule has 1 aliphatic rings. The average Bonchev–Trinajstić information content (AvgIpc) is 2.93. The van der Waals surface area contributed by atoms with Crippen molar-refractivity contribution in [2.24, 2.45) is 7.05 Å². The van der Waals surface area contributed by atoms with Crippen molar-refractivity contribution in [2.45, 2.75) is 11.4 Å². The van der Waals surface area contributed by atoms with Crippen LogP contribution in [0, 0.1) is 5.82 Å². The van der Waals surface area contributed by atoms with Crippen LogP contribution in [-0.2, 0) is 23.6 Å². The van der Waals surface area contributed by atoms with Crippen molar-refractivity contribution >= 4 is 10.0 Å². The number of piperazine rings is 1. The first-order valence-electron chi connectivity index (χ1n) is 7.42. The molecule has 6 nitrogen and oxygen atoms in total. The molecule has 0 saturated carbocycles. The number of aromatic nitrogens is 2. The molecule has 1 aromatic carbocycles. The van der Waals surface area contributed by atoms with Crippen LogP contribution in [0.3, 0.4) is 0 Å². The summed E-state index contributed by atoms with van der Waals surface area (Å²) < 4.78 is 42.2. The van der Waals surface area contributed by atoms with Crippen LogP contribution in [0.1, 0.15) is 5.82 Å². The molecule has 0 radical (unpaired) electrons. The first-order valence-corrected chi connectivity index (χ1v) is 8.86. The van der Waals surface area contributed by atoms with Crippen LogP contribution in [-0.4, -0.2) is 53.4 Å². The lowest BCUT2D eigenvalue weighted by molar-refractivity contribution is 0.176. The maximum absolute atomic E-state index is 13.8. The summed E-state index contributed by atoms with van der Waals surface area (Å²) >= 11 is 0. The quantitative estimate of drug-likeness (QED) is 0.837. The summed E-state index contributed by atoms with van der Waals surface area (Å²) in [6.45, 7) is 2.57. The van der Waals surface area contributed by atoms with Gasteiger partial charge in [0.15, 0.2) is 0 Å². The van der Waals surface area contributed by atoms with Gasteiger partial charge in [0, 0.05) is 45.6 Å². The molecule has 1 aromatic heterocycles. The van der Waals surface area contributed by atoms with Crippen molar-refractivity contribution in [3.05, 3.63) is 48.3 Å². The fourth-order valence-corrected chi connectivity index (χ4v) is 4.16. The van der Waals surface area contributed by atoms with Crippen LogP contribution in [0.4, 0.5) is 4.39 Å². The molecule has 0 amide bonds. The highest BCUT2D eigenvalue weighted by atomic mass is 32.2. The van der Waals surface area contributed by atoms with Crippen LogP contribution >= 0.6 is 0 Å². The topological polar surface area (TPSA) is 58.4 Å². The largest absolute Gasteiger partial charge is 0.337 e. The second-order valence-electron chi connectivity index (χ2n) is 5.57. The standard InChI is InChI=1S/C15H19FN4O2S/c1-18-7-6-17-15(18)12-19-8-10-20(11-9-19)23(21,22)14-5-3-2-4-13(14)16/h2-7H,8-12H2,1H3. The molecule has 8 heteroatoms. The normalized spacial score (nSPS) is 17.5. The summed E-state index contributed by atoms with van der Waals surface area (Å²) in [6, 6.07) is 5.50. The van der Waals surface area contributed by atoms with Gasteiger partial charge in [0.1, 0.15) is 16.5 Å². The zero-order valence-electron chi connectivity index (χ0n) is 12.9. The average molecular weight is 338 g/mol. The minimum Gasteiger partial charge on any atom is -0.337 e. The fourth-order valence-electron chi connectivity index (χ4n) is 2.67. The minimum atomic E-state index is -3.78. The number of nitrogens with zero attached hydrogens (tertiary/aromatic N) is 4. The van der Waals surface area contributed by atoms with Gasteiger partial charge < -0.3 is 4.57 Å². The predicted molar refractivity (Wildman–Crippen MR) is 83.6 cm³/mol. The van der Waals surface area contributed by atoms with E-state index in [9.17, 15) is 12.8 Å². The minimum absolute atomic E-state index is 0.252. The lowest BCUT2D eigenvalue weighted by atomic mass is 10.3. The number of rotatable bonds is 4. The molecule has 1 fully saturated rings. The first-order chi connectivity index (χ1) is 11.0. The molecule has 124 valence electrons. The Morgan fingerprint density at radius 2 is 1.87 bits per heavy atom. The van der Waals surface area contributed by atoms with Crippen molar-refractivity contribution in [3.63, 3.8) is 0 Å². The van der Waals surface area contributed by atoms with E-state index in [-0.39, 0.29) is 4.90 Å². The van der Waals surface area contributed by atoms with Gasteiger partial charge >= 0.3 is 0 Å². The molecule has 3 rings (SSSR count). The molecule has 23 heavy (non-hydrogen) atoms. The monoisotopic (exact) mass is 338 g/mol. The van der Waals surface area contributed by atoms with E-state index in [1.54, 1.807) is 6.20 Å². The Labute approximate surface area is 135 Å².